The fraction of sp³-hybridized carbons (Fsp3) is 0.878. The Balaban J connectivity index is 1.22. The van der Waals surface area contributed by atoms with Crippen LogP contribution >= 0.6 is 0 Å². The van der Waals surface area contributed by atoms with Crippen LogP contribution in [0.3, 0.4) is 0 Å². The number of allylic oxidation sites excluding steroid dienone is 2. The van der Waals surface area contributed by atoms with E-state index in [1.807, 2.05) is 27.8 Å². The number of carboxylic acid groups (broad SMARTS) is 1. The van der Waals surface area contributed by atoms with E-state index in [2.05, 4.69) is 53.4 Å². The Labute approximate surface area is 351 Å². The van der Waals surface area contributed by atoms with E-state index in [9.17, 15) is 24.3 Å². The number of carboxylic acids is 1. The average molecular weight is 809 g/mol. The molecule has 0 aliphatic heterocycles. The third-order valence-corrected chi connectivity index (χ3v) is 17.5. The summed E-state index contributed by atoms with van der Waals surface area (Å²) in [5.74, 6) is 1.25. The Morgan fingerprint density at radius 1 is 0.828 bits per heavy atom. The van der Waals surface area contributed by atoms with E-state index in [1.165, 1.54) is 18.4 Å². The number of carbonyl (C=O) groups excluding carboxylic acids is 3. The van der Waals surface area contributed by atoms with Crippen LogP contribution in [0.4, 0.5) is 4.79 Å². The summed E-state index contributed by atoms with van der Waals surface area (Å²) in [6.45, 7) is 29.2. The SMILES string of the molecule is CC(C)C1=C2[C@H]3CCC4[C@@]5(C)CC[C@H](OC(=O)CC(C)(C)C(=O)O)C(C)(C)C5CC[C@@]4(C)[C@]3(C)CC[C@@]2(CCN(CCN(C)C(=O)OC(C)(C)C)CC2CC2)CC1=O. The number of rotatable bonds is 13. The van der Waals surface area contributed by atoms with Crippen molar-refractivity contribution >= 4 is 23.8 Å². The number of Topliss-reactive ketones (excluding diaryl/α,β-unsaturated/α-hetero) is 1. The summed E-state index contributed by atoms with van der Waals surface area (Å²) >= 11 is 0. The molecule has 2 unspecified atom stereocenters. The first kappa shape index (κ1) is 45.1. The van der Waals surface area contributed by atoms with Gasteiger partial charge in [0.1, 0.15) is 11.7 Å². The highest BCUT2D eigenvalue weighted by molar-refractivity contribution is 6.00. The highest BCUT2D eigenvalue weighted by Crippen LogP contribution is 2.77. The van der Waals surface area contributed by atoms with Crippen molar-refractivity contribution in [1.82, 2.24) is 9.80 Å². The maximum Gasteiger partial charge on any atom is 0.410 e. The Bertz CT molecular complexity index is 1650. The Morgan fingerprint density at radius 2 is 1.50 bits per heavy atom. The summed E-state index contributed by atoms with van der Waals surface area (Å²) in [6.07, 6.45) is 12.1. The molecule has 5 fully saturated rings. The molecule has 6 aliphatic carbocycles. The number of likely N-dealkylation sites (N-methyl/N-ethyl adjacent to an activating group) is 1. The van der Waals surface area contributed by atoms with Gasteiger partial charge in [-0.15, -0.1) is 0 Å². The van der Waals surface area contributed by atoms with Gasteiger partial charge in [-0.25, -0.2) is 4.79 Å². The number of hydrogen-bond acceptors (Lipinski definition) is 7. The minimum absolute atomic E-state index is 0.0766. The fourth-order valence-corrected chi connectivity index (χ4v) is 13.9. The van der Waals surface area contributed by atoms with Gasteiger partial charge in [-0.05, 0) is 163 Å². The van der Waals surface area contributed by atoms with Gasteiger partial charge in [0.2, 0.25) is 0 Å². The Morgan fingerprint density at radius 3 is 2.10 bits per heavy atom. The van der Waals surface area contributed by atoms with Crippen molar-refractivity contribution in [2.24, 2.45) is 62.1 Å². The first-order chi connectivity index (χ1) is 26.7. The van der Waals surface area contributed by atoms with Crippen LogP contribution in [-0.2, 0) is 23.9 Å². The standard InChI is InChI=1S/C49H80N2O7/c1-31(2)39-34(52)28-49(24-25-51(30-32-14-15-32)27-26-50(13)42(56)58-43(3,4)5)23-22-47(11)33(40(39)49)16-17-36-46(10)20-19-37(57-38(53)29-44(6,7)41(54)55)45(8,9)35(46)18-21-48(36,47)12/h31-33,35-37H,14-30H2,1-13H3,(H,54,55)/t33-,35?,36?,37+,46+,47-,48-,49-/m1/s1. The normalized spacial score (nSPS) is 35.9. The third kappa shape index (κ3) is 8.06. The molecule has 9 heteroatoms. The smallest absolute Gasteiger partial charge is 0.410 e. The molecule has 0 heterocycles. The number of aliphatic carboxylic acids is 1. The second-order valence-corrected chi connectivity index (χ2v) is 23.6. The van der Waals surface area contributed by atoms with Crippen LogP contribution in [0.2, 0.25) is 0 Å². The lowest BCUT2D eigenvalue weighted by Gasteiger charge is -2.72. The molecule has 0 bridgehead atoms. The van der Waals surface area contributed by atoms with E-state index in [0.29, 0.717) is 36.5 Å². The van der Waals surface area contributed by atoms with Crippen LogP contribution in [-0.4, -0.2) is 83.7 Å². The highest BCUT2D eigenvalue weighted by Gasteiger charge is 2.70. The summed E-state index contributed by atoms with van der Waals surface area (Å²) in [6, 6.07) is 0. The zero-order chi connectivity index (χ0) is 43.0. The average Bonchev–Trinajstić information content (AvgIpc) is 3.86. The summed E-state index contributed by atoms with van der Waals surface area (Å²) in [7, 11) is 1.84. The number of amides is 1. The predicted molar refractivity (Wildman–Crippen MR) is 228 cm³/mol. The summed E-state index contributed by atoms with van der Waals surface area (Å²) in [4.78, 5) is 56.4. The van der Waals surface area contributed by atoms with Gasteiger partial charge in [0, 0.05) is 43.9 Å². The van der Waals surface area contributed by atoms with Gasteiger partial charge < -0.3 is 24.4 Å². The van der Waals surface area contributed by atoms with Gasteiger partial charge in [0.25, 0.3) is 0 Å². The molecule has 6 rings (SSSR count). The summed E-state index contributed by atoms with van der Waals surface area (Å²) in [5, 5.41) is 9.66. The lowest BCUT2D eigenvalue weighted by molar-refractivity contribution is -0.233. The first-order valence-electron chi connectivity index (χ1n) is 23.1. The largest absolute Gasteiger partial charge is 0.481 e. The van der Waals surface area contributed by atoms with Crippen molar-refractivity contribution in [2.75, 3.05) is 33.2 Å². The van der Waals surface area contributed by atoms with Crippen LogP contribution in [0.25, 0.3) is 0 Å². The predicted octanol–water partition coefficient (Wildman–Crippen LogP) is 10.3. The summed E-state index contributed by atoms with van der Waals surface area (Å²) < 4.78 is 11.9. The monoisotopic (exact) mass is 809 g/mol. The quantitative estimate of drug-likeness (QED) is 0.183. The number of hydrogen-bond donors (Lipinski definition) is 1. The minimum Gasteiger partial charge on any atom is -0.481 e. The van der Waals surface area contributed by atoms with Crippen LogP contribution in [0.1, 0.15) is 167 Å². The molecule has 328 valence electrons. The van der Waals surface area contributed by atoms with Crippen LogP contribution in [0, 0.1) is 62.1 Å². The molecule has 0 saturated heterocycles. The van der Waals surface area contributed by atoms with Gasteiger partial charge in [-0.2, -0.15) is 0 Å². The zero-order valence-electron chi connectivity index (χ0n) is 38.8. The molecule has 1 N–H and O–H groups in total. The second-order valence-electron chi connectivity index (χ2n) is 23.6. The van der Waals surface area contributed by atoms with E-state index < -0.39 is 23.0 Å². The molecule has 6 aliphatic rings. The van der Waals surface area contributed by atoms with E-state index in [1.54, 1.807) is 18.7 Å². The molecule has 0 aromatic carbocycles. The van der Waals surface area contributed by atoms with E-state index in [-0.39, 0.29) is 51.6 Å². The van der Waals surface area contributed by atoms with Crippen molar-refractivity contribution in [2.45, 2.75) is 178 Å². The second kappa shape index (κ2) is 15.5. The van der Waals surface area contributed by atoms with Crippen molar-refractivity contribution in [1.29, 1.82) is 0 Å². The number of carbonyl (C=O) groups is 4. The van der Waals surface area contributed by atoms with E-state index in [4.69, 9.17) is 9.47 Å². The maximum absolute atomic E-state index is 14.3. The molecule has 58 heavy (non-hydrogen) atoms. The molecule has 5 saturated carbocycles. The van der Waals surface area contributed by atoms with Gasteiger partial charge in [0.15, 0.2) is 5.78 Å². The number of ether oxygens (including phenoxy) is 2. The topological polar surface area (TPSA) is 113 Å². The van der Waals surface area contributed by atoms with Crippen molar-refractivity contribution in [3.05, 3.63) is 11.1 Å². The van der Waals surface area contributed by atoms with Crippen molar-refractivity contribution < 1.29 is 33.8 Å². The molecule has 0 radical (unpaired) electrons. The molecule has 0 aromatic rings. The number of ketones is 1. The van der Waals surface area contributed by atoms with Crippen LogP contribution in [0.15, 0.2) is 11.1 Å². The Kier molecular flexibility index (Phi) is 12.0. The molecule has 0 spiro atoms. The third-order valence-electron chi connectivity index (χ3n) is 17.5. The minimum atomic E-state index is -1.16. The van der Waals surface area contributed by atoms with Crippen LogP contribution < -0.4 is 0 Å². The molecule has 1 amide bonds. The van der Waals surface area contributed by atoms with Crippen molar-refractivity contribution in [3.63, 3.8) is 0 Å². The molecule has 8 atom stereocenters. The summed E-state index contributed by atoms with van der Waals surface area (Å²) in [5.41, 5.74) is 0.960. The maximum atomic E-state index is 14.3. The number of nitrogens with zero attached hydrogens (tertiary/aromatic N) is 2. The highest BCUT2D eigenvalue weighted by atomic mass is 16.6. The van der Waals surface area contributed by atoms with Crippen molar-refractivity contribution in [3.8, 4) is 0 Å². The lowest BCUT2D eigenvalue weighted by Crippen LogP contribution is -2.65. The zero-order valence-corrected chi connectivity index (χ0v) is 38.8. The molecule has 9 nitrogen and oxygen atoms in total. The van der Waals surface area contributed by atoms with Crippen LogP contribution in [0.5, 0.6) is 0 Å². The van der Waals surface area contributed by atoms with E-state index in [0.717, 1.165) is 88.9 Å². The van der Waals surface area contributed by atoms with Gasteiger partial charge in [0.05, 0.1) is 11.8 Å². The Hall–Kier alpha value is -2.42. The molecule has 0 aromatic heterocycles. The number of fused-ring (bicyclic) bond motifs is 7. The molecular formula is C49H80N2O7. The van der Waals surface area contributed by atoms with E-state index >= 15 is 0 Å². The molecular weight excluding hydrogens is 729 g/mol. The van der Waals surface area contributed by atoms with Gasteiger partial charge >= 0.3 is 18.0 Å². The fourth-order valence-electron chi connectivity index (χ4n) is 13.9. The first-order valence-corrected chi connectivity index (χ1v) is 23.1. The lowest BCUT2D eigenvalue weighted by atomic mass is 9.33. The van der Waals surface area contributed by atoms with Gasteiger partial charge in [-0.3, -0.25) is 14.4 Å². The van der Waals surface area contributed by atoms with Gasteiger partial charge in [-0.1, -0.05) is 54.0 Å². The number of esters is 1.